The Morgan fingerprint density at radius 1 is 1.29 bits per heavy atom. The number of halogens is 1. The van der Waals surface area contributed by atoms with Gasteiger partial charge in [0.2, 0.25) is 0 Å². The fraction of sp³-hybridized carbons (Fsp3) is 0.389. The van der Waals surface area contributed by atoms with Crippen molar-refractivity contribution in [2.45, 2.75) is 37.6 Å². The van der Waals surface area contributed by atoms with Crippen molar-refractivity contribution >= 4 is 29.6 Å². The van der Waals surface area contributed by atoms with E-state index in [-0.39, 0.29) is 0 Å². The molecule has 0 aromatic heterocycles. The summed E-state index contributed by atoms with van der Waals surface area (Å²) in [4.78, 5) is 23.6. The fourth-order valence-electron chi connectivity index (χ4n) is 2.68. The molecule has 1 N–H and O–H groups in total. The van der Waals surface area contributed by atoms with Crippen molar-refractivity contribution in [2.75, 3.05) is 6.61 Å². The molecule has 0 bridgehead atoms. The van der Waals surface area contributed by atoms with E-state index in [1.54, 1.807) is 24.3 Å². The van der Waals surface area contributed by atoms with Crippen molar-refractivity contribution in [1.82, 2.24) is 5.32 Å². The monoisotopic (exact) mass is 346 g/mol. The lowest BCUT2D eigenvalue weighted by Crippen LogP contribution is -2.49. The van der Waals surface area contributed by atoms with Crippen molar-refractivity contribution in [3.05, 3.63) is 40.9 Å². The molecule has 6 heteroatoms. The summed E-state index contributed by atoms with van der Waals surface area (Å²) in [6, 6.07) is 9.26. The average molecular weight is 347 g/mol. The second-order valence-corrected chi connectivity index (χ2v) is 6.17. The van der Waals surface area contributed by atoms with E-state index in [0.29, 0.717) is 23.4 Å². The van der Waals surface area contributed by atoms with Crippen LogP contribution in [0.3, 0.4) is 0 Å². The Balaban J connectivity index is 1.82. The van der Waals surface area contributed by atoms with E-state index in [1.807, 2.05) is 0 Å². The maximum Gasteiger partial charge on any atom is 0.331 e. The first-order valence-electron chi connectivity index (χ1n) is 7.86. The summed E-state index contributed by atoms with van der Waals surface area (Å²) < 4.78 is 4.91. The van der Waals surface area contributed by atoms with Gasteiger partial charge in [-0.1, -0.05) is 49.1 Å². The zero-order valence-electron chi connectivity index (χ0n) is 13.3. The molecule has 24 heavy (non-hydrogen) atoms. The van der Waals surface area contributed by atoms with Gasteiger partial charge in [0.1, 0.15) is 5.54 Å². The summed E-state index contributed by atoms with van der Waals surface area (Å²) >= 11 is 5.98. The summed E-state index contributed by atoms with van der Waals surface area (Å²) in [5.41, 5.74) is -0.138. The second-order valence-electron chi connectivity index (χ2n) is 5.77. The van der Waals surface area contributed by atoms with Crippen LogP contribution in [-0.2, 0) is 14.3 Å². The van der Waals surface area contributed by atoms with Crippen molar-refractivity contribution in [3.63, 3.8) is 0 Å². The van der Waals surface area contributed by atoms with Gasteiger partial charge in [-0.2, -0.15) is 5.26 Å². The van der Waals surface area contributed by atoms with E-state index < -0.39 is 24.0 Å². The van der Waals surface area contributed by atoms with Crippen LogP contribution in [0, 0.1) is 11.3 Å². The third-order valence-corrected chi connectivity index (χ3v) is 4.29. The third-order valence-electron chi connectivity index (χ3n) is 3.95. The lowest BCUT2D eigenvalue weighted by Gasteiger charge is -2.31. The van der Waals surface area contributed by atoms with Crippen LogP contribution in [-0.4, -0.2) is 24.0 Å². The van der Waals surface area contributed by atoms with Crippen LogP contribution in [0.15, 0.2) is 30.3 Å². The van der Waals surface area contributed by atoms with Crippen LogP contribution >= 0.6 is 11.6 Å². The highest BCUT2D eigenvalue weighted by atomic mass is 35.5. The minimum atomic E-state index is -0.824. The number of nitrogens with one attached hydrogen (secondary N) is 1. The Kier molecular flexibility index (Phi) is 6.39. The second kappa shape index (κ2) is 8.51. The van der Waals surface area contributed by atoms with Crippen LogP contribution in [0.2, 0.25) is 5.02 Å². The predicted octanol–water partition coefficient (Wildman–Crippen LogP) is 3.24. The summed E-state index contributed by atoms with van der Waals surface area (Å²) in [6.45, 7) is -0.408. The number of ether oxygens (including phenoxy) is 1. The number of benzene rings is 1. The quantitative estimate of drug-likeness (QED) is 0.655. The van der Waals surface area contributed by atoms with Gasteiger partial charge >= 0.3 is 5.97 Å². The Morgan fingerprint density at radius 2 is 2.00 bits per heavy atom. The van der Waals surface area contributed by atoms with Gasteiger partial charge in [0.05, 0.1) is 6.07 Å². The highest BCUT2D eigenvalue weighted by Gasteiger charge is 2.33. The minimum Gasteiger partial charge on any atom is -0.452 e. The number of hydrogen-bond donors (Lipinski definition) is 1. The van der Waals surface area contributed by atoms with E-state index >= 15 is 0 Å². The van der Waals surface area contributed by atoms with Crippen molar-refractivity contribution in [2.24, 2.45) is 0 Å². The highest BCUT2D eigenvalue weighted by Crippen LogP contribution is 2.27. The van der Waals surface area contributed by atoms with Gasteiger partial charge in [-0.3, -0.25) is 4.79 Å². The van der Waals surface area contributed by atoms with Gasteiger partial charge in [0.25, 0.3) is 5.91 Å². The molecule has 0 unspecified atom stereocenters. The van der Waals surface area contributed by atoms with Crippen LogP contribution in [0.25, 0.3) is 6.08 Å². The number of rotatable bonds is 5. The molecule has 2 rings (SSSR count). The van der Waals surface area contributed by atoms with Gasteiger partial charge in [-0.25, -0.2) is 4.79 Å². The Hall–Kier alpha value is -2.32. The van der Waals surface area contributed by atoms with E-state index in [9.17, 15) is 14.9 Å². The zero-order chi connectivity index (χ0) is 17.4. The number of esters is 1. The molecule has 0 aliphatic heterocycles. The summed E-state index contributed by atoms with van der Waals surface area (Å²) in [5.74, 6) is -1.10. The van der Waals surface area contributed by atoms with Gasteiger partial charge in [-0.15, -0.1) is 0 Å². The number of nitriles is 1. The van der Waals surface area contributed by atoms with Crippen molar-refractivity contribution in [1.29, 1.82) is 5.26 Å². The van der Waals surface area contributed by atoms with Crippen LogP contribution in [0.4, 0.5) is 0 Å². The van der Waals surface area contributed by atoms with Crippen LogP contribution in [0.1, 0.15) is 37.7 Å². The van der Waals surface area contributed by atoms with Crippen molar-refractivity contribution in [3.8, 4) is 6.07 Å². The molecule has 1 saturated carbocycles. The molecule has 1 aromatic carbocycles. The number of hydrogen-bond acceptors (Lipinski definition) is 4. The molecule has 1 amide bonds. The summed E-state index contributed by atoms with van der Waals surface area (Å²) in [7, 11) is 0. The first kappa shape index (κ1) is 18.0. The van der Waals surface area contributed by atoms with Crippen LogP contribution < -0.4 is 5.32 Å². The molecular formula is C18H19ClN2O3. The molecule has 0 radical (unpaired) electrons. The lowest BCUT2D eigenvalue weighted by atomic mass is 9.83. The molecular weight excluding hydrogens is 328 g/mol. The topological polar surface area (TPSA) is 79.2 Å². The van der Waals surface area contributed by atoms with Gasteiger partial charge in [0, 0.05) is 11.1 Å². The van der Waals surface area contributed by atoms with Crippen molar-refractivity contribution < 1.29 is 14.3 Å². The first-order chi connectivity index (χ1) is 11.5. The van der Waals surface area contributed by atoms with Crippen LogP contribution in [0.5, 0.6) is 0 Å². The average Bonchev–Trinajstić information content (AvgIpc) is 2.60. The molecule has 1 aromatic rings. The Bertz CT molecular complexity index is 673. The molecule has 0 heterocycles. The lowest BCUT2D eigenvalue weighted by molar-refractivity contribution is -0.144. The molecule has 1 aliphatic carbocycles. The minimum absolute atomic E-state index is 0.408. The summed E-state index contributed by atoms with van der Waals surface area (Å²) in [5, 5.41) is 12.5. The predicted molar refractivity (Wildman–Crippen MR) is 91.0 cm³/mol. The highest BCUT2D eigenvalue weighted by molar-refractivity contribution is 6.32. The van der Waals surface area contributed by atoms with E-state index in [2.05, 4.69) is 11.4 Å². The standard InChI is InChI=1S/C18H19ClN2O3/c19-15-7-3-2-6-14(15)8-9-17(23)24-12-16(22)21-18(13-20)10-4-1-5-11-18/h2-3,6-9H,1,4-5,10-12H2,(H,21,22)/b9-8+. The molecule has 126 valence electrons. The van der Waals surface area contributed by atoms with Gasteiger partial charge in [-0.05, 0) is 30.5 Å². The zero-order valence-corrected chi connectivity index (χ0v) is 14.0. The molecule has 5 nitrogen and oxygen atoms in total. The molecule has 1 fully saturated rings. The molecule has 0 spiro atoms. The first-order valence-corrected chi connectivity index (χ1v) is 8.24. The van der Waals surface area contributed by atoms with E-state index in [1.165, 1.54) is 12.2 Å². The normalized spacial score (nSPS) is 16.3. The molecule has 0 atom stereocenters. The Labute approximate surface area is 146 Å². The van der Waals surface area contributed by atoms with Gasteiger partial charge < -0.3 is 10.1 Å². The Morgan fingerprint density at radius 3 is 2.67 bits per heavy atom. The summed E-state index contributed by atoms with van der Waals surface area (Å²) in [6.07, 6.45) is 6.91. The van der Waals surface area contributed by atoms with Gasteiger partial charge in [0.15, 0.2) is 6.61 Å². The third kappa shape index (κ3) is 5.10. The number of carbonyl (C=O) groups excluding carboxylic acids is 2. The SMILES string of the molecule is N#CC1(NC(=O)COC(=O)/C=C/c2ccccc2Cl)CCCCC1. The van der Waals surface area contributed by atoms with E-state index in [0.717, 1.165) is 19.3 Å². The van der Waals surface area contributed by atoms with E-state index in [4.69, 9.17) is 16.3 Å². The maximum atomic E-state index is 11.9. The molecule has 0 saturated heterocycles. The smallest absolute Gasteiger partial charge is 0.331 e. The molecule has 1 aliphatic rings. The number of nitrogens with zero attached hydrogens (tertiary/aromatic N) is 1. The largest absolute Gasteiger partial charge is 0.452 e. The maximum absolute atomic E-state index is 11.9. The number of amides is 1. The number of carbonyl (C=O) groups is 2. The fourth-order valence-corrected chi connectivity index (χ4v) is 2.87.